The van der Waals surface area contributed by atoms with Crippen molar-refractivity contribution in [2.75, 3.05) is 0 Å². The maximum atomic E-state index is 10.9. The molecule has 0 amide bonds. The molecule has 0 saturated carbocycles. The van der Waals surface area contributed by atoms with Gasteiger partial charge in [-0.05, 0) is 20.8 Å². The smallest absolute Gasteiger partial charge is 0.136 e. The van der Waals surface area contributed by atoms with Crippen molar-refractivity contribution in [3.8, 4) is 0 Å². The van der Waals surface area contributed by atoms with Gasteiger partial charge in [0.25, 0.3) is 0 Å². The highest BCUT2D eigenvalue weighted by Gasteiger charge is 2.07. The lowest BCUT2D eigenvalue weighted by atomic mass is 9.99. The average molecular weight is 152 g/mol. The number of allylic oxidation sites excluding steroid dienone is 4. The number of carbonyl (C=O) groups excluding carboxylic acids is 1. The van der Waals surface area contributed by atoms with Crippen LogP contribution >= 0.6 is 0 Å². The third kappa shape index (κ3) is 3.76. The summed E-state index contributed by atoms with van der Waals surface area (Å²) in [6.45, 7) is 7.49. The number of Topliss-reactive ketones (excluding diaryl/α,β-unsaturated/α-hetero) is 1. The van der Waals surface area contributed by atoms with Crippen LogP contribution in [0.3, 0.4) is 0 Å². The van der Waals surface area contributed by atoms with Gasteiger partial charge in [0.15, 0.2) is 0 Å². The van der Waals surface area contributed by atoms with Gasteiger partial charge < -0.3 is 0 Å². The molecule has 62 valence electrons. The number of rotatable bonds is 3. The zero-order valence-electron chi connectivity index (χ0n) is 7.72. The summed E-state index contributed by atoms with van der Waals surface area (Å²) in [6.07, 6.45) is 5.89. The molecule has 1 nitrogen and oxygen atoms in total. The summed E-state index contributed by atoms with van der Waals surface area (Å²) in [7, 11) is 0. The van der Waals surface area contributed by atoms with E-state index >= 15 is 0 Å². The van der Waals surface area contributed by atoms with Gasteiger partial charge in [0.2, 0.25) is 0 Å². The van der Waals surface area contributed by atoms with Crippen LogP contribution in [0.25, 0.3) is 0 Å². The number of hydrogen-bond acceptors (Lipinski definition) is 1. The van der Waals surface area contributed by atoms with Crippen molar-refractivity contribution in [1.29, 1.82) is 0 Å². The molecule has 0 fully saturated rings. The van der Waals surface area contributed by atoms with Gasteiger partial charge in [0, 0.05) is 5.92 Å². The molecule has 1 atom stereocenters. The molecule has 0 heterocycles. The Morgan fingerprint density at radius 1 is 1.36 bits per heavy atom. The van der Waals surface area contributed by atoms with Crippen LogP contribution < -0.4 is 0 Å². The lowest BCUT2D eigenvalue weighted by Crippen LogP contribution is -2.06. The highest BCUT2D eigenvalue weighted by Crippen LogP contribution is 2.10. The SMILES string of the molecule is CC=CC=C(C)C(C)C(C)=O. The monoisotopic (exact) mass is 152 g/mol. The van der Waals surface area contributed by atoms with Gasteiger partial charge in [-0.1, -0.05) is 30.7 Å². The Labute approximate surface area is 68.8 Å². The second-order valence-corrected chi connectivity index (χ2v) is 2.77. The molecule has 0 saturated heterocycles. The third-order valence-corrected chi connectivity index (χ3v) is 1.84. The molecule has 0 aromatic heterocycles. The van der Waals surface area contributed by atoms with Crippen LogP contribution in [0, 0.1) is 5.92 Å². The van der Waals surface area contributed by atoms with Gasteiger partial charge in [-0.2, -0.15) is 0 Å². The van der Waals surface area contributed by atoms with Gasteiger partial charge in [0.05, 0.1) is 0 Å². The van der Waals surface area contributed by atoms with E-state index in [1.807, 2.05) is 39.0 Å². The van der Waals surface area contributed by atoms with Crippen molar-refractivity contribution in [2.24, 2.45) is 5.92 Å². The van der Waals surface area contributed by atoms with Crippen LogP contribution in [0.15, 0.2) is 23.8 Å². The van der Waals surface area contributed by atoms with E-state index in [9.17, 15) is 4.79 Å². The fourth-order valence-electron chi connectivity index (χ4n) is 0.713. The van der Waals surface area contributed by atoms with Gasteiger partial charge in [0.1, 0.15) is 5.78 Å². The minimum atomic E-state index is 0.0613. The van der Waals surface area contributed by atoms with Crippen LogP contribution in [-0.4, -0.2) is 5.78 Å². The largest absolute Gasteiger partial charge is 0.299 e. The number of hydrogen-bond donors (Lipinski definition) is 0. The van der Waals surface area contributed by atoms with Crippen molar-refractivity contribution >= 4 is 5.78 Å². The predicted molar refractivity (Wildman–Crippen MR) is 48.4 cm³/mol. The second kappa shape index (κ2) is 4.89. The fraction of sp³-hybridized carbons (Fsp3) is 0.500. The van der Waals surface area contributed by atoms with Crippen molar-refractivity contribution in [1.82, 2.24) is 0 Å². The Morgan fingerprint density at radius 2 is 1.91 bits per heavy atom. The van der Waals surface area contributed by atoms with Crippen LogP contribution in [0.1, 0.15) is 27.7 Å². The quantitative estimate of drug-likeness (QED) is 0.568. The molecule has 0 bridgehead atoms. The van der Waals surface area contributed by atoms with Crippen LogP contribution in [0.5, 0.6) is 0 Å². The maximum Gasteiger partial charge on any atom is 0.136 e. The fourth-order valence-corrected chi connectivity index (χ4v) is 0.713. The van der Waals surface area contributed by atoms with E-state index in [2.05, 4.69) is 0 Å². The van der Waals surface area contributed by atoms with E-state index in [-0.39, 0.29) is 11.7 Å². The highest BCUT2D eigenvalue weighted by atomic mass is 16.1. The predicted octanol–water partition coefficient (Wildman–Crippen LogP) is 2.73. The first kappa shape index (κ1) is 10.2. The van der Waals surface area contributed by atoms with Crippen LogP contribution in [-0.2, 0) is 4.79 Å². The minimum absolute atomic E-state index is 0.0613. The molecule has 0 spiro atoms. The Bertz CT molecular complexity index is 187. The first-order valence-corrected chi connectivity index (χ1v) is 3.89. The number of ketones is 1. The summed E-state index contributed by atoms with van der Waals surface area (Å²) in [4.78, 5) is 10.9. The molecule has 0 aliphatic rings. The zero-order chi connectivity index (χ0) is 8.85. The molecule has 0 aliphatic heterocycles. The third-order valence-electron chi connectivity index (χ3n) is 1.84. The molecule has 11 heavy (non-hydrogen) atoms. The minimum Gasteiger partial charge on any atom is -0.299 e. The summed E-state index contributed by atoms with van der Waals surface area (Å²) in [5, 5.41) is 0. The van der Waals surface area contributed by atoms with Gasteiger partial charge in [-0.15, -0.1) is 0 Å². The molecule has 0 N–H and O–H groups in total. The standard InChI is InChI=1S/C10H16O/c1-5-6-7-8(2)9(3)10(4)11/h5-7,9H,1-4H3. The molecule has 1 heteroatoms. The molecule has 1 unspecified atom stereocenters. The molecule has 0 aromatic rings. The van der Waals surface area contributed by atoms with Crippen molar-refractivity contribution in [3.63, 3.8) is 0 Å². The van der Waals surface area contributed by atoms with Crippen molar-refractivity contribution in [2.45, 2.75) is 27.7 Å². The maximum absolute atomic E-state index is 10.9. The van der Waals surface area contributed by atoms with Crippen LogP contribution in [0.4, 0.5) is 0 Å². The Hall–Kier alpha value is -0.850. The van der Waals surface area contributed by atoms with Crippen molar-refractivity contribution in [3.05, 3.63) is 23.8 Å². The Balaban J connectivity index is 4.22. The molecular formula is C10H16O. The lowest BCUT2D eigenvalue weighted by Gasteiger charge is -2.05. The average Bonchev–Trinajstić information content (AvgIpc) is 1.98. The van der Waals surface area contributed by atoms with E-state index < -0.39 is 0 Å². The summed E-state index contributed by atoms with van der Waals surface area (Å²) < 4.78 is 0. The summed E-state index contributed by atoms with van der Waals surface area (Å²) in [6, 6.07) is 0. The molecule has 0 rings (SSSR count). The van der Waals surface area contributed by atoms with Gasteiger partial charge in [-0.3, -0.25) is 4.79 Å². The van der Waals surface area contributed by atoms with E-state index in [0.29, 0.717) is 0 Å². The van der Waals surface area contributed by atoms with E-state index in [1.54, 1.807) is 6.92 Å². The highest BCUT2D eigenvalue weighted by molar-refractivity contribution is 5.80. The first-order valence-electron chi connectivity index (χ1n) is 3.89. The molecule has 0 aromatic carbocycles. The van der Waals surface area contributed by atoms with Crippen molar-refractivity contribution < 1.29 is 4.79 Å². The summed E-state index contributed by atoms with van der Waals surface area (Å²) in [5.74, 6) is 0.287. The lowest BCUT2D eigenvalue weighted by molar-refractivity contribution is -0.119. The van der Waals surface area contributed by atoms with E-state index in [0.717, 1.165) is 5.57 Å². The molecule has 0 aliphatic carbocycles. The normalized spacial score (nSPS) is 15.5. The van der Waals surface area contributed by atoms with E-state index in [1.165, 1.54) is 0 Å². The molecular weight excluding hydrogens is 136 g/mol. The topological polar surface area (TPSA) is 17.1 Å². The van der Waals surface area contributed by atoms with Gasteiger partial charge >= 0.3 is 0 Å². The molecule has 0 radical (unpaired) electrons. The Morgan fingerprint density at radius 3 is 2.27 bits per heavy atom. The van der Waals surface area contributed by atoms with Crippen LogP contribution in [0.2, 0.25) is 0 Å². The van der Waals surface area contributed by atoms with Gasteiger partial charge in [-0.25, -0.2) is 0 Å². The number of carbonyl (C=O) groups is 1. The summed E-state index contributed by atoms with van der Waals surface area (Å²) >= 11 is 0. The summed E-state index contributed by atoms with van der Waals surface area (Å²) in [5.41, 5.74) is 1.12. The first-order chi connectivity index (χ1) is 5.09. The second-order valence-electron chi connectivity index (χ2n) is 2.77. The van der Waals surface area contributed by atoms with E-state index in [4.69, 9.17) is 0 Å². The zero-order valence-corrected chi connectivity index (χ0v) is 7.72. The Kier molecular flexibility index (Phi) is 4.51.